The van der Waals surface area contributed by atoms with Crippen LogP contribution in [0, 0.1) is 11.8 Å². The molecule has 0 aliphatic carbocycles. The van der Waals surface area contributed by atoms with Gasteiger partial charge in [0.05, 0.1) is 31.6 Å². The second-order valence-electron chi connectivity index (χ2n) is 16.9. The number of hydrogen-bond acceptors (Lipinski definition) is 12. The Morgan fingerprint density at radius 2 is 1.31 bits per heavy atom. The quantitative estimate of drug-likeness (QED) is 0.0615. The van der Waals surface area contributed by atoms with Gasteiger partial charge < -0.3 is 35.8 Å². The van der Waals surface area contributed by atoms with Gasteiger partial charge in [0, 0.05) is 32.7 Å². The number of carbonyl (C=O) groups is 5. The second-order valence-corrected chi connectivity index (χ2v) is 18.6. The van der Waals surface area contributed by atoms with Gasteiger partial charge in [-0.1, -0.05) is 88.4 Å². The van der Waals surface area contributed by atoms with Crippen molar-refractivity contribution >= 4 is 39.5 Å². The van der Waals surface area contributed by atoms with E-state index in [-0.39, 0.29) is 68.8 Å². The lowest BCUT2D eigenvalue weighted by Gasteiger charge is -2.30. The average molecular weight is 888 g/mol. The number of amides is 4. The number of nitrogens with zero attached hydrogens (tertiary/aromatic N) is 1. The largest absolute Gasteiger partial charge is 0.382 e. The zero-order valence-electron chi connectivity index (χ0n) is 37.2. The molecule has 0 bridgehead atoms. The van der Waals surface area contributed by atoms with Crippen molar-refractivity contribution in [1.82, 2.24) is 26.2 Å². The average Bonchev–Trinajstić information content (AvgIpc) is 3.23. The minimum atomic E-state index is -4.11. The summed E-state index contributed by atoms with van der Waals surface area (Å²) >= 11 is 0. The fourth-order valence-corrected chi connectivity index (χ4v) is 7.90. The van der Waals surface area contributed by atoms with Crippen LogP contribution in [-0.2, 0) is 60.6 Å². The van der Waals surface area contributed by atoms with Gasteiger partial charge in [-0.15, -0.1) is 0 Å². The first-order chi connectivity index (χ1) is 29.4. The maximum Gasteiger partial charge on any atom is 0.267 e. The Morgan fingerprint density at radius 3 is 1.90 bits per heavy atom. The second kappa shape index (κ2) is 26.4. The molecule has 4 amide bonds. The predicted octanol–water partition coefficient (Wildman–Crippen LogP) is 2.32. The Balaban J connectivity index is 1.83. The minimum absolute atomic E-state index is 0.0140. The molecule has 346 valence electrons. The van der Waals surface area contributed by atoms with Crippen LogP contribution in [-0.4, -0.2) is 136 Å². The summed E-state index contributed by atoms with van der Waals surface area (Å²) in [7, 11) is -4.11. The molecule has 1 aliphatic rings. The van der Waals surface area contributed by atoms with Crippen LogP contribution >= 0.6 is 0 Å². The van der Waals surface area contributed by atoms with Crippen molar-refractivity contribution in [3.8, 4) is 0 Å². The standard InChI is InChI=1S/C45H69N5O11S/c1-7-59-23-14-26-62(57,58)61-31-45(6,56)41(52)37(27-32(2)3)47-44(55)39(29-35-17-12-9-13-18-35)49-43(54)38(28-33(4)5)48-42(53)36(20-19-34-15-10-8-11-16-34)46-40(51)30-50-21-24-60-25-22-50/h8-13,15-18,32-33,36-39,56H,7,14,19-31H2,1-6H3,(H,46,51)(H,47,55)(H,48,53)(H,49,54). The number of hydrogen-bond donors (Lipinski definition) is 5. The number of ketones is 1. The SMILES string of the molecule is CCOCCCS(=O)(=O)OCC(C)(O)C(=O)C(CC(C)C)NC(=O)C(Cc1ccccc1)NC(=O)C(CC(C)C)NC(=O)C(CCc1ccccc1)NC(=O)CN1CCOCC1. The van der Waals surface area contributed by atoms with Crippen LogP contribution in [0.4, 0.5) is 0 Å². The highest BCUT2D eigenvalue weighted by molar-refractivity contribution is 7.86. The van der Waals surface area contributed by atoms with Crippen LogP contribution in [0.1, 0.15) is 78.4 Å². The number of Topliss-reactive ketones (excluding diaryl/α,β-unsaturated/α-hetero) is 1. The lowest BCUT2D eigenvalue weighted by atomic mass is 9.90. The molecule has 0 aromatic heterocycles. The summed E-state index contributed by atoms with van der Waals surface area (Å²) < 4.78 is 40.7. The van der Waals surface area contributed by atoms with E-state index in [0.717, 1.165) is 12.5 Å². The normalized spacial score (nSPS) is 16.4. The Kier molecular flexibility index (Phi) is 22.2. The summed E-state index contributed by atoms with van der Waals surface area (Å²) in [5, 5.41) is 22.5. The van der Waals surface area contributed by atoms with Crippen LogP contribution in [0.5, 0.6) is 0 Å². The molecule has 2 aromatic carbocycles. The maximum absolute atomic E-state index is 14.3. The van der Waals surface area contributed by atoms with Crippen molar-refractivity contribution in [3.63, 3.8) is 0 Å². The molecule has 17 heteroatoms. The number of nitrogens with one attached hydrogen (secondary N) is 4. The van der Waals surface area contributed by atoms with Gasteiger partial charge in [0.25, 0.3) is 10.1 Å². The van der Waals surface area contributed by atoms with Gasteiger partial charge >= 0.3 is 0 Å². The number of rotatable bonds is 28. The van der Waals surface area contributed by atoms with Crippen LogP contribution in [0.25, 0.3) is 0 Å². The highest BCUT2D eigenvalue weighted by Crippen LogP contribution is 2.18. The first kappa shape index (κ1) is 52.1. The molecule has 2 aromatic rings. The van der Waals surface area contributed by atoms with Crippen molar-refractivity contribution in [2.75, 3.05) is 58.4 Å². The maximum atomic E-state index is 14.3. The van der Waals surface area contributed by atoms with Gasteiger partial charge in [-0.25, -0.2) is 0 Å². The number of aliphatic hydroxyl groups is 1. The summed E-state index contributed by atoms with van der Waals surface area (Å²) in [6.45, 7) is 12.4. The fourth-order valence-electron chi connectivity index (χ4n) is 6.90. The number of carbonyl (C=O) groups excluding carboxylic acids is 5. The zero-order valence-corrected chi connectivity index (χ0v) is 38.0. The number of morpholine rings is 1. The van der Waals surface area contributed by atoms with E-state index in [0.29, 0.717) is 44.9 Å². The van der Waals surface area contributed by atoms with Crippen molar-refractivity contribution in [2.45, 2.75) is 110 Å². The fraction of sp³-hybridized carbons (Fsp3) is 0.622. The number of ether oxygens (including phenoxy) is 2. The topological polar surface area (TPSA) is 219 Å². The monoisotopic (exact) mass is 887 g/mol. The zero-order chi connectivity index (χ0) is 45.7. The summed E-state index contributed by atoms with van der Waals surface area (Å²) in [6.07, 6.45) is 1.21. The Labute approximate surface area is 367 Å². The summed E-state index contributed by atoms with van der Waals surface area (Å²) in [4.78, 5) is 71.6. The molecule has 5 atom stereocenters. The van der Waals surface area contributed by atoms with Crippen LogP contribution in [0.2, 0.25) is 0 Å². The summed E-state index contributed by atoms with van der Waals surface area (Å²) in [5.74, 6) is -3.73. The van der Waals surface area contributed by atoms with Gasteiger partial charge in [0.15, 0.2) is 5.78 Å². The minimum Gasteiger partial charge on any atom is -0.382 e. The highest BCUT2D eigenvalue weighted by atomic mass is 32.2. The summed E-state index contributed by atoms with van der Waals surface area (Å²) in [5.41, 5.74) is -0.636. The molecule has 1 saturated heterocycles. The van der Waals surface area contributed by atoms with E-state index >= 15 is 0 Å². The molecule has 1 heterocycles. The van der Waals surface area contributed by atoms with Crippen molar-refractivity contribution in [1.29, 1.82) is 0 Å². The molecule has 0 radical (unpaired) electrons. The third-order valence-corrected chi connectivity index (χ3v) is 11.5. The predicted molar refractivity (Wildman–Crippen MR) is 235 cm³/mol. The highest BCUT2D eigenvalue weighted by Gasteiger charge is 2.40. The molecule has 0 saturated carbocycles. The van der Waals surface area contributed by atoms with E-state index in [2.05, 4.69) is 21.3 Å². The molecular weight excluding hydrogens is 819 g/mol. The Hall–Kier alpha value is -4.26. The van der Waals surface area contributed by atoms with E-state index in [1.807, 2.05) is 62.9 Å². The molecular formula is C45H69N5O11S. The number of benzene rings is 2. The van der Waals surface area contributed by atoms with E-state index < -0.39 is 70.0 Å². The lowest BCUT2D eigenvalue weighted by Crippen LogP contribution is -2.60. The van der Waals surface area contributed by atoms with E-state index in [1.54, 1.807) is 37.3 Å². The molecule has 62 heavy (non-hydrogen) atoms. The van der Waals surface area contributed by atoms with Crippen LogP contribution in [0.15, 0.2) is 60.7 Å². The van der Waals surface area contributed by atoms with E-state index in [4.69, 9.17) is 13.7 Å². The molecule has 5 N–H and O–H groups in total. The molecule has 5 unspecified atom stereocenters. The summed E-state index contributed by atoms with van der Waals surface area (Å²) in [6, 6.07) is 13.9. The lowest BCUT2D eigenvalue weighted by molar-refractivity contribution is -0.143. The molecule has 1 aliphatic heterocycles. The first-order valence-electron chi connectivity index (χ1n) is 21.7. The van der Waals surface area contributed by atoms with Gasteiger partial charge in [0.2, 0.25) is 23.6 Å². The van der Waals surface area contributed by atoms with Crippen molar-refractivity contribution < 1.29 is 51.2 Å². The molecule has 0 spiro atoms. The molecule has 1 fully saturated rings. The molecule has 3 rings (SSSR count). The van der Waals surface area contributed by atoms with Crippen molar-refractivity contribution in [3.05, 3.63) is 71.8 Å². The third kappa shape index (κ3) is 19.4. The van der Waals surface area contributed by atoms with Crippen LogP contribution < -0.4 is 21.3 Å². The van der Waals surface area contributed by atoms with E-state index in [1.165, 1.54) is 0 Å². The molecule has 16 nitrogen and oxygen atoms in total. The Morgan fingerprint density at radius 1 is 0.774 bits per heavy atom. The van der Waals surface area contributed by atoms with E-state index in [9.17, 15) is 37.5 Å². The van der Waals surface area contributed by atoms with Gasteiger partial charge in [-0.05, 0) is 68.9 Å². The van der Waals surface area contributed by atoms with Gasteiger partial charge in [-0.3, -0.25) is 33.1 Å². The smallest absolute Gasteiger partial charge is 0.267 e. The first-order valence-corrected chi connectivity index (χ1v) is 23.3. The number of aryl methyl sites for hydroxylation is 1. The van der Waals surface area contributed by atoms with Gasteiger partial charge in [-0.2, -0.15) is 8.42 Å². The van der Waals surface area contributed by atoms with Crippen molar-refractivity contribution in [2.24, 2.45) is 11.8 Å². The van der Waals surface area contributed by atoms with Gasteiger partial charge in [0.1, 0.15) is 30.3 Å². The Bertz CT molecular complexity index is 1810. The van der Waals surface area contributed by atoms with Crippen LogP contribution in [0.3, 0.4) is 0 Å². The third-order valence-electron chi connectivity index (χ3n) is 10.2.